The first-order valence-corrected chi connectivity index (χ1v) is 8.77. The third-order valence-electron chi connectivity index (χ3n) is 3.81. The maximum absolute atomic E-state index is 13.0. The number of ether oxygens (including phenoxy) is 3. The predicted molar refractivity (Wildman–Crippen MR) is 102 cm³/mol. The van der Waals surface area contributed by atoms with Crippen LogP contribution in [-0.4, -0.2) is 32.2 Å². The van der Waals surface area contributed by atoms with E-state index in [1.54, 1.807) is 29.6 Å². The minimum absolute atomic E-state index is 0.268. The standard InChI is InChI=1S/C19H17FN2O4S/c1-24-15-9-8-13(16(25-2)17(15)26-3)18(23)22-19-21-14(10-27-19)11-4-6-12(20)7-5-11/h4-10H,1-3H3,(H,21,22,23). The van der Waals surface area contributed by atoms with E-state index in [9.17, 15) is 9.18 Å². The molecule has 140 valence electrons. The Morgan fingerprint density at radius 1 is 1.00 bits per heavy atom. The summed E-state index contributed by atoms with van der Waals surface area (Å²) in [6, 6.07) is 9.20. The average Bonchev–Trinajstić information content (AvgIpc) is 3.15. The molecule has 8 heteroatoms. The Morgan fingerprint density at radius 2 is 1.70 bits per heavy atom. The second-order valence-electron chi connectivity index (χ2n) is 5.38. The van der Waals surface area contributed by atoms with Gasteiger partial charge in [0.1, 0.15) is 5.82 Å². The highest BCUT2D eigenvalue weighted by Gasteiger charge is 2.21. The molecule has 0 aliphatic carbocycles. The summed E-state index contributed by atoms with van der Waals surface area (Å²) in [7, 11) is 4.42. The number of methoxy groups -OCH3 is 3. The molecule has 0 saturated heterocycles. The first-order valence-electron chi connectivity index (χ1n) is 7.89. The number of nitrogens with one attached hydrogen (secondary N) is 1. The topological polar surface area (TPSA) is 69.7 Å². The number of rotatable bonds is 6. The van der Waals surface area contributed by atoms with Crippen LogP contribution in [0, 0.1) is 5.82 Å². The Kier molecular flexibility index (Phi) is 5.56. The second kappa shape index (κ2) is 8.05. The summed E-state index contributed by atoms with van der Waals surface area (Å²) in [5, 5.41) is 4.94. The smallest absolute Gasteiger partial charge is 0.261 e. The van der Waals surface area contributed by atoms with E-state index in [1.807, 2.05) is 0 Å². The molecule has 6 nitrogen and oxygen atoms in total. The van der Waals surface area contributed by atoms with Crippen molar-refractivity contribution in [2.45, 2.75) is 0 Å². The number of hydrogen-bond acceptors (Lipinski definition) is 6. The van der Waals surface area contributed by atoms with Crippen molar-refractivity contribution >= 4 is 22.4 Å². The van der Waals surface area contributed by atoms with E-state index in [0.717, 1.165) is 5.56 Å². The van der Waals surface area contributed by atoms with Gasteiger partial charge in [-0.15, -0.1) is 11.3 Å². The number of carbonyl (C=O) groups is 1. The summed E-state index contributed by atoms with van der Waals surface area (Å²) < 4.78 is 28.9. The van der Waals surface area contributed by atoms with Crippen LogP contribution in [0.15, 0.2) is 41.8 Å². The highest BCUT2D eigenvalue weighted by molar-refractivity contribution is 7.14. The third kappa shape index (κ3) is 3.85. The Labute approximate surface area is 159 Å². The summed E-state index contributed by atoms with van der Waals surface area (Å²) in [4.78, 5) is 17.1. The molecule has 3 rings (SSSR count). The molecule has 0 unspecified atom stereocenters. The van der Waals surface area contributed by atoms with Crippen molar-refractivity contribution in [2.75, 3.05) is 26.6 Å². The molecule has 0 saturated carbocycles. The summed E-state index contributed by atoms with van der Waals surface area (Å²) in [5.74, 6) is 0.345. The normalized spacial score (nSPS) is 10.4. The van der Waals surface area contributed by atoms with Gasteiger partial charge in [0, 0.05) is 10.9 Å². The van der Waals surface area contributed by atoms with Gasteiger partial charge in [-0.05, 0) is 36.4 Å². The molecule has 0 aliphatic rings. The summed E-state index contributed by atoms with van der Waals surface area (Å²) in [6.07, 6.45) is 0. The lowest BCUT2D eigenvalue weighted by atomic mass is 10.1. The molecule has 1 heterocycles. The van der Waals surface area contributed by atoms with Crippen molar-refractivity contribution in [3.05, 3.63) is 53.2 Å². The Morgan fingerprint density at radius 3 is 2.33 bits per heavy atom. The minimum Gasteiger partial charge on any atom is -0.493 e. The Balaban J connectivity index is 1.85. The highest BCUT2D eigenvalue weighted by Crippen LogP contribution is 2.40. The first kappa shape index (κ1) is 18.7. The second-order valence-corrected chi connectivity index (χ2v) is 6.24. The predicted octanol–water partition coefficient (Wildman–Crippen LogP) is 4.23. The van der Waals surface area contributed by atoms with Crippen LogP contribution < -0.4 is 19.5 Å². The van der Waals surface area contributed by atoms with Crippen LogP contribution in [-0.2, 0) is 0 Å². The molecule has 0 fully saturated rings. The summed E-state index contributed by atoms with van der Waals surface area (Å²) >= 11 is 1.27. The number of nitrogens with zero attached hydrogens (tertiary/aromatic N) is 1. The number of aromatic nitrogens is 1. The number of benzene rings is 2. The van der Waals surface area contributed by atoms with E-state index < -0.39 is 5.91 Å². The van der Waals surface area contributed by atoms with Crippen LogP contribution in [0.25, 0.3) is 11.3 Å². The fraction of sp³-hybridized carbons (Fsp3) is 0.158. The SMILES string of the molecule is COc1ccc(C(=O)Nc2nc(-c3ccc(F)cc3)cs2)c(OC)c1OC. The van der Waals surface area contributed by atoms with Gasteiger partial charge in [-0.3, -0.25) is 10.1 Å². The van der Waals surface area contributed by atoms with Gasteiger partial charge in [0.25, 0.3) is 5.91 Å². The van der Waals surface area contributed by atoms with Crippen LogP contribution in [0.4, 0.5) is 9.52 Å². The molecule has 3 aromatic rings. The Hall–Kier alpha value is -3.13. The van der Waals surface area contributed by atoms with Crippen molar-refractivity contribution in [1.29, 1.82) is 0 Å². The van der Waals surface area contributed by atoms with Gasteiger partial charge in [0.05, 0.1) is 32.6 Å². The molecule has 2 aromatic carbocycles. The van der Waals surface area contributed by atoms with Crippen molar-refractivity contribution < 1.29 is 23.4 Å². The van der Waals surface area contributed by atoms with Gasteiger partial charge >= 0.3 is 0 Å². The van der Waals surface area contributed by atoms with Gasteiger partial charge in [0.15, 0.2) is 16.6 Å². The third-order valence-corrected chi connectivity index (χ3v) is 4.57. The molecule has 0 spiro atoms. The lowest BCUT2D eigenvalue weighted by Gasteiger charge is -2.15. The summed E-state index contributed by atoms with van der Waals surface area (Å²) in [6.45, 7) is 0. The zero-order valence-corrected chi connectivity index (χ0v) is 15.7. The van der Waals surface area contributed by atoms with E-state index >= 15 is 0 Å². The van der Waals surface area contributed by atoms with Crippen LogP contribution in [0.5, 0.6) is 17.2 Å². The maximum Gasteiger partial charge on any atom is 0.261 e. The number of halogens is 1. The van der Waals surface area contributed by atoms with Gasteiger partial charge in [0.2, 0.25) is 5.75 Å². The van der Waals surface area contributed by atoms with Crippen molar-refractivity contribution in [2.24, 2.45) is 0 Å². The fourth-order valence-corrected chi connectivity index (χ4v) is 3.24. The van der Waals surface area contributed by atoms with E-state index in [2.05, 4.69) is 10.3 Å². The average molecular weight is 388 g/mol. The van der Waals surface area contributed by atoms with Crippen LogP contribution in [0.2, 0.25) is 0 Å². The number of carbonyl (C=O) groups excluding carboxylic acids is 1. The molecule has 0 bridgehead atoms. The molecular formula is C19H17FN2O4S. The number of thiazole rings is 1. The lowest BCUT2D eigenvalue weighted by molar-refractivity contribution is 0.102. The molecular weight excluding hydrogens is 371 g/mol. The van der Waals surface area contributed by atoms with Crippen molar-refractivity contribution in [1.82, 2.24) is 4.98 Å². The van der Waals surface area contributed by atoms with Gasteiger partial charge in [-0.25, -0.2) is 9.37 Å². The summed E-state index contributed by atoms with van der Waals surface area (Å²) in [5.41, 5.74) is 1.69. The molecule has 0 atom stereocenters. The lowest BCUT2D eigenvalue weighted by Crippen LogP contribution is -2.13. The minimum atomic E-state index is -0.396. The van der Waals surface area contributed by atoms with E-state index in [-0.39, 0.29) is 17.1 Å². The number of amides is 1. The van der Waals surface area contributed by atoms with Crippen LogP contribution in [0.3, 0.4) is 0 Å². The van der Waals surface area contributed by atoms with E-state index in [0.29, 0.717) is 22.3 Å². The van der Waals surface area contributed by atoms with E-state index in [1.165, 1.54) is 44.8 Å². The van der Waals surface area contributed by atoms with Gasteiger partial charge in [-0.2, -0.15) is 0 Å². The fourth-order valence-electron chi connectivity index (χ4n) is 2.53. The molecule has 0 aliphatic heterocycles. The Bertz CT molecular complexity index is 957. The van der Waals surface area contributed by atoms with E-state index in [4.69, 9.17) is 14.2 Å². The van der Waals surface area contributed by atoms with Crippen molar-refractivity contribution in [3.63, 3.8) is 0 Å². The van der Waals surface area contributed by atoms with Crippen molar-refractivity contribution in [3.8, 4) is 28.5 Å². The number of anilines is 1. The molecule has 1 aromatic heterocycles. The zero-order chi connectivity index (χ0) is 19.4. The number of hydrogen-bond donors (Lipinski definition) is 1. The molecule has 27 heavy (non-hydrogen) atoms. The quantitative estimate of drug-likeness (QED) is 0.684. The monoisotopic (exact) mass is 388 g/mol. The molecule has 0 radical (unpaired) electrons. The van der Waals surface area contributed by atoms with Crippen LogP contribution >= 0.6 is 11.3 Å². The van der Waals surface area contributed by atoms with Gasteiger partial charge in [-0.1, -0.05) is 0 Å². The molecule has 1 N–H and O–H groups in total. The molecule has 1 amide bonds. The van der Waals surface area contributed by atoms with Gasteiger partial charge < -0.3 is 14.2 Å². The largest absolute Gasteiger partial charge is 0.493 e. The highest BCUT2D eigenvalue weighted by atomic mass is 32.1. The first-order chi connectivity index (χ1) is 13.1. The van der Waals surface area contributed by atoms with Crippen LogP contribution in [0.1, 0.15) is 10.4 Å². The zero-order valence-electron chi connectivity index (χ0n) is 14.9. The maximum atomic E-state index is 13.0.